The molecule has 1 aliphatic rings. The van der Waals surface area contributed by atoms with Gasteiger partial charge in [0.25, 0.3) is 0 Å². The van der Waals surface area contributed by atoms with Gasteiger partial charge in [-0.05, 0) is 64.2 Å². The summed E-state index contributed by atoms with van der Waals surface area (Å²) in [6.07, 6.45) is 5.31. The minimum Gasteiger partial charge on any atom is -0.352 e. The molecule has 1 atom stereocenters. The van der Waals surface area contributed by atoms with Gasteiger partial charge in [0.1, 0.15) is 12.6 Å². The Kier molecular flexibility index (Phi) is 10.4. The van der Waals surface area contributed by atoms with Crippen LogP contribution in [0.5, 0.6) is 0 Å². The number of carbonyl (C=O) groups excluding carboxylic acids is 2. The number of amides is 2. The molecule has 0 aromatic heterocycles. The van der Waals surface area contributed by atoms with Crippen molar-refractivity contribution in [2.24, 2.45) is 0 Å². The molecule has 1 fully saturated rings. The predicted molar refractivity (Wildman–Crippen MR) is 165 cm³/mol. The average molecular weight is 691 g/mol. The van der Waals surface area contributed by atoms with Gasteiger partial charge in [-0.3, -0.25) is 13.9 Å². The lowest BCUT2D eigenvalue weighted by Crippen LogP contribution is -2.54. The van der Waals surface area contributed by atoms with Gasteiger partial charge in [-0.25, -0.2) is 8.42 Å². The summed E-state index contributed by atoms with van der Waals surface area (Å²) in [5.41, 5.74) is 2.09. The van der Waals surface area contributed by atoms with Gasteiger partial charge in [-0.2, -0.15) is 0 Å². The molecule has 0 aliphatic heterocycles. The molecular weight excluding hydrogens is 658 g/mol. The van der Waals surface area contributed by atoms with Gasteiger partial charge in [0.15, 0.2) is 0 Å². The number of hydrogen-bond acceptors (Lipinski definition) is 4. The van der Waals surface area contributed by atoms with Crippen LogP contribution in [-0.2, 0) is 32.6 Å². The highest BCUT2D eigenvalue weighted by atomic mass is 79.9. The Morgan fingerprint density at radius 3 is 2.23 bits per heavy atom. The van der Waals surface area contributed by atoms with Crippen LogP contribution in [0.4, 0.5) is 5.69 Å². The Morgan fingerprint density at radius 1 is 0.925 bits per heavy atom. The largest absolute Gasteiger partial charge is 0.352 e. The third-order valence-corrected chi connectivity index (χ3v) is 9.31. The monoisotopic (exact) mass is 689 g/mol. The first kappa shape index (κ1) is 30.3. The number of anilines is 1. The van der Waals surface area contributed by atoms with Crippen molar-refractivity contribution in [3.63, 3.8) is 0 Å². The van der Waals surface area contributed by atoms with Crippen LogP contribution in [0, 0.1) is 0 Å². The molecular formula is C30H33Br2N3O4S. The van der Waals surface area contributed by atoms with Gasteiger partial charge in [-0.1, -0.05) is 83.4 Å². The maximum absolute atomic E-state index is 14.2. The third-order valence-electron chi connectivity index (χ3n) is 7.01. The van der Waals surface area contributed by atoms with Crippen LogP contribution in [0.15, 0.2) is 87.8 Å². The van der Waals surface area contributed by atoms with E-state index < -0.39 is 28.5 Å². The van der Waals surface area contributed by atoms with E-state index in [-0.39, 0.29) is 18.5 Å². The highest BCUT2D eigenvalue weighted by Crippen LogP contribution is 2.28. The standard InChI is InChI=1S/C30H33Br2N3O4S/c1-40(38,39)35(27-17-8-7-16-26(27)32)21-29(36)34(20-23-12-9-13-24(31)18-23)28(19-22-10-3-2-4-11-22)30(37)33-25-14-5-6-15-25/h2-4,7-13,16-18,25,28H,5-6,14-15,19-21H2,1H3,(H,33,37)/t28-/m1/s1. The van der Waals surface area contributed by atoms with Gasteiger partial charge in [0.05, 0.1) is 11.9 Å². The van der Waals surface area contributed by atoms with Crippen molar-refractivity contribution in [2.45, 2.75) is 50.7 Å². The first-order chi connectivity index (χ1) is 19.1. The first-order valence-corrected chi connectivity index (χ1v) is 16.7. The maximum atomic E-state index is 14.2. The quantitative estimate of drug-likeness (QED) is 0.281. The van der Waals surface area contributed by atoms with E-state index >= 15 is 0 Å². The number of rotatable bonds is 11. The number of para-hydroxylation sites is 1. The van der Waals surface area contributed by atoms with Gasteiger partial charge >= 0.3 is 0 Å². The van der Waals surface area contributed by atoms with Crippen LogP contribution in [0.3, 0.4) is 0 Å². The summed E-state index contributed by atoms with van der Waals surface area (Å²) in [5, 5.41) is 3.17. The van der Waals surface area contributed by atoms with E-state index in [2.05, 4.69) is 37.2 Å². The molecule has 7 nitrogen and oxygen atoms in total. The number of sulfonamides is 1. The summed E-state index contributed by atoms with van der Waals surface area (Å²) in [6, 6.07) is 23.2. The highest BCUT2D eigenvalue weighted by molar-refractivity contribution is 9.10. The Morgan fingerprint density at radius 2 is 1.57 bits per heavy atom. The van der Waals surface area contributed by atoms with Crippen molar-refractivity contribution in [3.05, 3.63) is 98.9 Å². The number of carbonyl (C=O) groups is 2. The molecule has 0 spiro atoms. The summed E-state index contributed by atoms with van der Waals surface area (Å²) in [5.74, 6) is -0.699. The van der Waals surface area contributed by atoms with E-state index in [1.165, 1.54) is 4.90 Å². The van der Waals surface area contributed by atoms with Crippen molar-refractivity contribution in [3.8, 4) is 0 Å². The summed E-state index contributed by atoms with van der Waals surface area (Å²) in [4.78, 5) is 29.5. The fourth-order valence-corrected chi connectivity index (χ4v) is 6.93. The van der Waals surface area contributed by atoms with Crippen molar-refractivity contribution in [2.75, 3.05) is 17.1 Å². The lowest BCUT2D eigenvalue weighted by atomic mass is 10.0. The Labute approximate surface area is 253 Å². The Bertz CT molecular complexity index is 1430. The molecule has 40 heavy (non-hydrogen) atoms. The molecule has 1 aliphatic carbocycles. The van der Waals surface area contributed by atoms with E-state index in [0.29, 0.717) is 16.6 Å². The molecule has 0 saturated heterocycles. The molecule has 10 heteroatoms. The second-order valence-corrected chi connectivity index (χ2v) is 13.7. The van der Waals surface area contributed by atoms with Gasteiger partial charge < -0.3 is 10.2 Å². The molecule has 3 aromatic rings. The van der Waals surface area contributed by atoms with Crippen LogP contribution in [0.2, 0.25) is 0 Å². The van der Waals surface area contributed by atoms with E-state index in [1.54, 1.807) is 24.3 Å². The zero-order valence-corrected chi connectivity index (χ0v) is 26.3. The summed E-state index contributed by atoms with van der Waals surface area (Å²) in [7, 11) is -3.82. The molecule has 0 heterocycles. The van der Waals surface area contributed by atoms with Crippen LogP contribution in [-0.4, -0.2) is 50.0 Å². The zero-order chi connectivity index (χ0) is 28.7. The molecule has 0 radical (unpaired) electrons. The average Bonchev–Trinajstić information content (AvgIpc) is 3.43. The number of hydrogen-bond donors (Lipinski definition) is 1. The molecule has 0 bridgehead atoms. The number of nitrogens with one attached hydrogen (secondary N) is 1. The second kappa shape index (κ2) is 13.8. The number of nitrogens with zero attached hydrogens (tertiary/aromatic N) is 2. The van der Waals surface area contributed by atoms with Crippen LogP contribution in [0.1, 0.15) is 36.8 Å². The van der Waals surface area contributed by atoms with Crippen molar-refractivity contribution in [1.82, 2.24) is 10.2 Å². The molecule has 212 valence electrons. The minimum absolute atomic E-state index is 0.0707. The first-order valence-electron chi connectivity index (χ1n) is 13.2. The summed E-state index contributed by atoms with van der Waals surface area (Å²) < 4.78 is 28.3. The number of halogens is 2. The molecule has 2 amide bonds. The molecule has 1 N–H and O–H groups in total. The Balaban J connectivity index is 1.73. The number of benzene rings is 3. The highest BCUT2D eigenvalue weighted by Gasteiger charge is 2.34. The summed E-state index contributed by atoms with van der Waals surface area (Å²) in [6.45, 7) is -0.307. The second-order valence-electron chi connectivity index (χ2n) is 10.1. The van der Waals surface area contributed by atoms with E-state index in [0.717, 1.165) is 51.8 Å². The molecule has 3 aromatic carbocycles. The molecule has 4 rings (SSSR count). The van der Waals surface area contributed by atoms with E-state index in [4.69, 9.17) is 0 Å². The lowest BCUT2D eigenvalue weighted by Gasteiger charge is -2.34. The van der Waals surface area contributed by atoms with Crippen molar-refractivity contribution >= 4 is 59.4 Å². The lowest BCUT2D eigenvalue weighted by molar-refractivity contribution is -0.140. The van der Waals surface area contributed by atoms with Crippen molar-refractivity contribution < 1.29 is 18.0 Å². The Hall–Kier alpha value is -2.69. The van der Waals surface area contributed by atoms with Gasteiger partial charge in [0.2, 0.25) is 21.8 Å². The van der Waals surface area contributed by atoms with E-state index in [9.17, 15) is 18.0 Å². The molecule has 0 unspecified atom stereocenters. The summed E-state index contributed by atoms with van der Waals surface area (Å²) >= 11 is 6.92. The zero-order valence-electron chi connectivity index (χ0n) is 22.3. The smallest absolute Gasteiger partial charge is 0.244 e. The third kappa shape index (κ3) is 8.17. The SMILES string of the molecule is CS(=O)(=O)N(CC(=O)N(Cc1cccc(Br)c1)[C@H](Cc1ccccc1)C(=O)NC1CCCC1)c1ccccc1Br. The van der Waals surface area contributed by atoms with Crippen LogP contribution in [0.25, 0.3) is 0 Å². The minimum atomic E-state index is -3.82. The fraction of sp³-hybridized carbons (Fsp3) is 0.333. The van der Waals surface area contributed by atoms with Crippen LogP contribution >= 0.6 is 31.9 Å². The van der Waals surface area contributed by atoms with E-state index in [1.807, 2.05) is 54.6 Å². The van der Waals surface area contributed by atoms with Crippen molar-refractivity contribution in [1.29, 1.82) is 0 Å². The van der Waals surface area contributed by atoms with Crippen LogP contribution < -0.4 is 9.62 Å². The normalized spacial score (nSPS) is 14.5. The topological polar surface area (TPSA) is 86.8 Å². The maximum Gasteiger partial charge on any atom is 0.244 e. The fourth-order valence-electron chi connectivity index (χ4n) is 5.00. The van der Waals surface area contributed by atoms with Gasteiger partial charge in [-0.15, -0.1) is 0 Å². The van der Waals surface area contributed by atoms with Gasteiger partial charge in [0, 0.05) is 28.0 Å². The predicted octanol–water partition coefficient (Wildman–Crippen LogP) is 5.68. The molecule has 1 saturated carbocycles.